The quantitative estimate of drug-likeness (QED) is 0.163. The van der Waals surface area contributed by atoms with E-state index in [4.69, 9.17) is 21.5 Å². The van der Waals surface area contributed by atoms with Crippen LogP contribution in [-0.4, -0.2) is 61.6 Å². The molecule has 122 valence electrons. The second-order valence-corrected chi connectivity index (χ2v) is 4.52. The molecule has 2 heterocycles. The Balaban J connectivity index is 2.45. The molecule has 2 rings (SSSR count). The van der Waals surface area contributed by atoms with Gasteiger partial charge in [0.2, 0.25) is 0 Å². The molecule has 9 N–H and O–H groups in total. The fraction of sp³-hybridized carbons (Fsp3) is 0.500. The zero-order chi connectivity index (χ0) is 16.4. The number of nitrogens with zero attached hydrogens (tertiary/aromatic N) is 2. The van der Waals surface area contributed by atoms with Crippen LogP contribution < -0.4 is 22.5 Å². The van der Waals surface area contributed by atoms with Crippen LogP contribution in [0.4, 0.5) is 0 Å². The van der Waals surface area contributed by atoms with Gasteiger partial charge < -0.3 is 20.1 Å². The number of rotatable bonds is 4. The van der Waals surface area contributed by atoms with Crippen molar-refractivity contribution in [1.29, 1.82) is 0 Å². The summed E-state index contributed by atoms with van der Waals surface area (Å²) in [5, 5.41) is 28.8. The van der Waals surface area contributed by atoms with E-state index in [1.165, 1.54) is 0 Å². The first-order valence-corrected chi connectivity index (χ1v) is 6.17. The molecular formula is C10H16N6O6. The van der Waals surface area contributed by atoms with Crippen LogP contribution in [-0.2, 0) is 4.74 Å². The summed E-state index contributed by atoms with van der Waals surface area (Å²) in [6, 6.07) is 0. The SMILES string of the molecule is NNC(=O)c1ncn(C2OC(CO)C(O)C2O)c1C(=O)NN. The smallest absolute Gasteiger partial charge is 0.286 e. The lowest BCUT2D eigenvalue weighted by Gasteiger charge is -2.18. The Morgan fingerprint density at radius 3 is 2.41 bits per heavy atom. The van der Waals surface area contributed by atoms with Crippen LogP contribution in [0.25, 0.3) is 0 Å². The fourth-order valence-electron chi connectivity index (χ4n) is 2.19. The summed E-state index contributed by atoms with van der Waals surface area (Å²) in [6.07, 6.45) is -4.08. The van der Waals surface area contributed by atoms with Crippen molar-refractivity contribution in [2.45, 2.75) is 24.5 Å². The molecule has 12 heteroatoms. The standard InChI is InChI=1S/C10H16N6O6/c11-14-8(20)4-5(9(21)15-12)16(2-13-4)10-7(19)6(18)3(1-17)22-10/h2-3,6-7,10,17-19H,1,11-12H2,(H,14,20)(H,15,21). The third-order valence-corrected chi connectivity index (χ3v) is 3.28. The highest BCUT2D eigenvalue weighted by Gasteiger charge is 2.45. The molecule has 22 heavy (non-hydrogen) atoms. The number of hydrogen-bond acceptors (Lipinski definition) is 9. The number of imidazole rings is 1. The maximum Gasteiger partial charge on any atom is 0.286 e. The molecule has 0 radical (unpaired) electrons. The van der Waals surface area contributed by atoms with E-state index in [2.05, 4.69) is 4.98 Å². The van der Waals surface area contributed by atoms with Crippen molar-refractivity contribution in [3.8, 4) is 0 Å². The van der Waals surface area contributed by atoms with Gasteiger partial charge in [-0.15, -0.1) is 0 Å². The number of nitrogen functional groups attached to an aromatic ring is 2. The van der Waals surface area contributed by atoms with Crippen LogP contribution in [0.1, 0.15) is 27.2 Å². The van der Waals surface area contributed by atoms with Crippen LogP contribution in [0, 0.1) is 0 Å². The zero-order valence-electron chi connectivity index (χ0n) is 11.2. The molecule has 0 saturated carbocycles. The molecule has 1 saturated heterocycles. The third kappa shape index (κ3) is 2.54. The molecule has 1 aromatic rings. The molecule has 0 bridgehead atoms. The fourth-order valence-corrected chi connectivity index (χ4v) is 2.19. The largest absolute Gasteiger partial charge is 0.394 e. The number of carbonyl (C=O) groups is 2. The minimum atomic E-state index is -1.45. The highest BCUT2D eigenvalue weighted by molar-refractivity contribution is 6.04. The zero-order valence-corrected chi connectivity index (χ0v) is 11.2. The van der Waals surface area contributed by atoms with Gasteiger partial charge in [0.25, 0.3) is 11.8 Å². The Labute approximate surface area is 123 Å². The first kappa shape index (κ1) is 16.3. The van der Waals surface area contributed by atoms with Crippen molar-refractivity contribution >= 4 is 11.8 Å². The third-order valence-electron chi connectivity index (χ3n) is 3.28. The van der Waals surface area contributed by atoms with E-state index < -0.39 is 43.0 Å². The molecule has 1 fully saturated rings. The van der Waals surface area contributed by atoms with Crippen LogP contribution in [0.5, 0.6) is 0 Å². The van der Waals surface area contributed by atoms with E-state index in [0.717, 1.165) is 10.9 Å². The minimum absolute atomic E-state index is 0.319. The molecule has 0 aromatic carbocycles. The van der Waals surface area contributed by atoms with Crippen molar-refractivity contribution in [1.82, 2.24) is 20.4 Å². The van der Waals surface area contributed by atoms with Gasteiger partial charge in [-0.1, -0.05) is 0 Å². The van der Waals surface area contributed by atoms with Crippen molar-refractivity contribution in [3.63, 3.8) is 0 Å². The number of aliphatic hydroxyl groups is 3. The van der Waals surface area contributed by atoms with Gasteiger partial charge in [0, 0.05) is 0 Å². The molecule has 4 unspecified atom stereocenters. The lowest BCUT2D eigenvalue weighted by atomic mass is 10.1. The summed E-state index contributed by atoms with van der Waals surface area (Å²) in [7, 11) is 0. The van der Waals surface area contributed by atoms with Gasteiger partial charge in [0.1, 0.15) is 24.0 Å². The van der Waals surface area contributed by atoms with E-state index >= 15 is 0 Å². The van der Waals surface area contributed by atoms with E-state index in [-0.39, 0.29) is 11.4 Å². The van der Waals surface area contributed by atoms with Crippen molar-refractivity contribution in [2.24, 2.45) is 11.7 Å². The lowest BCUT2D eigenvalue weighted by Crippen LogP contribution is -2.38. The highest BCUT2D eigenvalue weighted by atomic mass is 16.6. The molecule has 0 spiro atoms. The number of carbonyl (C=O) groups excluding carboxylic acids is 2. The van der Waals surface area contributed by atoms with E-state index in [1.54, 1.807) is 0 Å². The summed E-state index contributed by atoms with van der Waals surface area (Å²) < 4.78 is 6.30. The Hall–Kier alpha value is -2.09. The summed E-state index contributed by atoms with van der Waals surface area (Å²) in [5.41, 5.74) is 2.98. The average molecular weight is 316 g/mol. The molecule has 12 nitrogen and oxygen atoms in total. The van der Waals surface area contributed by atoms with Gasteiger partial charge in [-0.05, 0) is 0 Å². The summed E-state index contributed by atoms with van der Waals surface area (Å²) in [6.45, 7) is -0.544. The predicted molar refractivity (Wildman–Crippen MR) is 68.5 cm³/mol. The Kier molecular flexibility index (Phi) is 4.70. The maximum atomic E-state index is 11.9. The normalized spacial score (nSPS) is 27.7. The van der Waals surface area contributed by atoms with Crippen LogP contribution in [0.15, 0.2) is 6.33 Å². The summed E-state index contributed by atoms with van der Waals surface area (Å²) in [4.78, 5) is 27.2. The van der Waals surface area contributed by atoms with Crippen molar-refractivity contribution in [3.05, 3.63) is 17.7 Å². The molecule has 0 aliphatic carbocycles. The minimum Gasteiger partial charge on any atom is -0.394 e. The van der Waals surface area contributed by atoms with E-state index in [9.17, 15) is 19.8 Å². The Morgan fingerprint density at radius 1 is 1.27 bits per heavy atom. The Morgan fingerprint density at radius 2 is 1.91 bits per heavy atom. The number of aliphatic hydroxyl groups excluding tert-OH is 3. The van der Waals surface area contributed by atoms with Gasteiger partial charge in [0.15, 0.2) is 11.9 Å². The number of nitrogens with two attached hydrogens (primary N) is 2. The van der Waals surface area contributed by atoms with Crippen LogP contribution >= 0.6 is 0 Å². The van der Waals surface area contributed by atoms with Gasteiger partial charge in [-0.25, -0.2) is 16.7 Å². The van der Waals surface area contributed by atoms with Crippen molar-refractivity contribution in [2.75, 3.05) is 6.61 Å². The number of ether oxygens (including phenoxy) is 1. The first-order valence-electron chi connectivity index (χ1n) is 6.17. The monoisotopic (exact) mass is 316 g/mol. The van der Waals surface area contributed by atoms with E-state index in [0.29, 0.717) is 0 Å². The van der Waals surface area contributed by atoms with Gasteiger partial charge in [-0.3, -0.25) is 25.0 Å². The van der Waals surface area contributed by atoms with Gasteiger partial charge >= 0.3 is 0 Å². The first-order chi connectivity index (χ1) is 10.5. The molecule has 1 aromatic heterocycles. The molecule has 4 atom stereocenters. The highest BCUT2D eigenvalue weighted by Crippen LogP contribution is 2.30. The predicted octanol–water partition coefficient (Wildman–Crippen LogP) is -4.30. The Bertz CT molecular complexity index is 576. The maximum absolute atomic E-state index is 11.9. The molecular weight excluding hydrogens is 300 g/mol. The second kappa shape index (κ2) is 6.35. The number of aromatic nitrogens is 2. The van der Waals surface area contributed by atoms with Gasteiger partial charge in [-0.2, -0.15) is 0 Å². The molecule has 1 aliphatic heterocycles. The van der Waals surface area contributed by atoms with E-state index in [1.807, 2.05) is 10.9 Å². The lowest BCUT2D eigenvalue weighted by molar-refractivity contribution is -0.0535. The van der Waals surface area contributed by atoms with Gasteiger partial charge in [0.05, 0.1) is 12.9 Å². The average Bonchev–Trinajstić information content (AvgIpc) is 3.08. The molecule has 1 aliphatic rings. The van der Waals surface area contributed by atoms with Crippen LogP contribution in [0.3, 0.4) is 0 Å². The second-order valence-electron chi connectivity index (χ2n) is 4.52. The number of nitrogens with one attached hydrogen (secondary N) is 2. The number of amides is 2. The molecule has 2 amide bonds. The number of hydrogen-bond donors (Lipinski definition) is 7. The van der Waals surface area contributed by atoms with Crippen LogP contribution in [0.2, 0.25) is 0 Å². The summed E-state index contributed by atoms with van der Waals surface area (Å²) >= 11 is 0. The number of hydrazine groups is 2. The van der Waals surface area contributed by atoms with Crippen molar-refractivity contribution < 1.29 is 29.6 Å². The topological polar surface area (TPSA) is 198 Å². The summed E-state index contributed by atoms with van der Waals surface area (Å²) in [5.74, 6) is 8.33.